The number of fused-ring (bicyclic) bond motifs is 1. The number of aliphatic hydroxyl groups excluding tert-OH is 1. The van der Waals surface area contributed by atoms with Gasteiger partial charge >= 0.3 is 0 Å². The van der Waals surface area contributed by atoms with Gasteiger partial charge in [-0.2, -0.15) is 0 Å². The van der Waals surface area contributed by atoms with E-state index in [9.17, 15) is 18.3 Å². The van der Waals surface area contributed by atoms with E-state index in [1.165, 1.54) is 30.3 Å². The Hall–Kier alpha value is -1.80. The molecule has 2 aromatic rings. The lowest BCUT2D eigenvalue weighted by atomic mass is 10.2. The number of β-amino-alcohol motifs (C(OH)–C–C–N with tert-alkyl or cyclic N) is 1. The normalized spacial score (nSPS) is 16.6. The minimum Gasteiger partial charge on any atom is -0.489 e. The van der Waals surface area contributed by atoms with Crippen LogP contribution >= 0.6 is 23.2 Å². The van der Waals surface area contributed by atoms with E-state index in [1.807, 2.05) is 0 Å². The second-order valence-corrected chi connectivity index (χ2v) is 8.05. The number of carbonyl (C=O) groups excluding carboxylic acids is 1. The molecule has 0 fully saturated rings. The van der Waals surface area contributed by atoms with Crippen molar-refractivity contribution in [2.24, 2.45) is 0 Å². The molecule has 1 atom stereocenters. The molecule has 0 saturated heterocycles. The quantitative estimate of drug-likeness (QED) is 0.831. The second kappa shape index (κ2) is 6.84. The molecule has 1 aliphatic rings. The van der Waals surface area contributed by atoms with Gasteiger partial charge in [0, 0.05) is 5.02 Å². The molecule has 1 heterocycles. The first-order valence-corrected chi connectivity index (χ1v) is 9.42. The first-order chi connectivity index (χ1) is 11.8. The van der Waals surface area contributed by atoms with Crippen molar-refractivity contribution in [3.63, 3.8) is 0 Å². The number of rotatable bonds is 5. The Morgan fingerprint density at radius 1 is 1.16 bits per heavy atom. The lowest BCUT2D eigenvalue weighted by Gasteiger charge is -2.19. The average Bonchev–Trinajstić information content (AvgIpc) is 2.75. The Morgan fingerprint density at radius 2 is 1.88 bits per heavy atom. The number of halogens is 2. The third-order valence-electron chi connectivity index (χ3n) is 3.61. The highest BCUT2D eigenvalue weighted by Gasteiger charge is 2.41. The molecule has 1 N–H and O–H groups in total. The van der Waals surface area contributed by atoms with Crippen molar-refractivity contribution in [3.8, 4) is 5.75 Å². The highest BCUT2D eigenvalue weighted by Crippen LogP contribution is 2.30. The van der Waals surface area contributed by atoms with Crippen LogP contribution in [-0.2, 0) is 10.0 Å². The summed E-state index contributed by atoms with van der Waals surface area (Å²) in [5.74, 6) is -0.372. The van der Waals surface area contributed by atoms with E-state index in [2.05, 4.69) is 0 Å². The molecule has 0 spiro atoms. The smallest absolute Gasteiger partial charge is 0.269 e. The SMILES string of the molecule is O=C1c2ccccc2S(=O)(=O)N1C[C@@H](O)COc1ccc(Cl)cc1Cl. The summed E-state index contributed by atoms with van der Waals surface area (Å²) in [6, 6.07) is 10.5. The van der Waals surface area contributed by atoms with Crippen LogP contribution in [-0.4, -0.2) is 43.0 Å². The van der Waals surface area contributed by atoms with Crippen LogP contribution in [0.15, 0.2) is 47.4 Å². The number of benzene rings is 2. The number of hydrogen-bond donors (Lipinski definition) is 1. The van der Waals surface area contributed by atoms with Crippen LogP contribution in [0.2, 0.25) is 10.0 Å². The van der Waals surface area contributed by atoms with Crippen LogP contribution in [0.4, 0.5) is 0 Å². The van der Waals surface area contributed by atoms with E-state index < -0.39 is 28.6 Å². The lowest BCUT2D eigenvalue weighted by Crippen LogP contribution is -2.39. The van der Waals surface area contributed by atoms with Crippen molar-refractivity contribution in [1.29, 1.82) is 0 Å². The summed E-state index contributed by atoms with van der Waals surface area (Å²) >= 11 is 11.7. The molecule has 9 heteroatoms. The Kier molecular flexibility index (Phi) is 4.92. The summed E-state index contributed by atoms with van der Waals surface area (Å²) in [6.45, 7) is -0.655. The molecule has 1 aliphatic heterocycles. The van der Waals surface area contributed by atoms with E-state index >= 15 is 0 Å². The zero-order chi connectivity index (χ0) is 18.2. The topological polar surface area (TPSA) is 83.9 Å². The van der Waals surface area contributed by atoms with Crippen LogP contribution in [0.3, 0.4) is 0 Å². The van der Waals surface area contributed by atoms with Gasteiger partial charge in [-0.25, -0.2) is 12.7 Å². The van der Waals surface area contributed by atoms with Crippen molar-refractivity contribution >= 4 is 39.1 Å². The Balaban J connectivity index is 1.69. The van der Waals surface area contributed by atoms with E-state index in [0.717, 1.165) is 0 Å². The molecule has 6 nitrogen and oxygen atoms in total. The molecule has 2 aromatic carbocycles. The summed E-state index contributed by atoms with van der Waals surface area (Å²) in [6.07, 6.45) is -1.22. The van der Waals surface area contributed by atoms with Crippen LogP contribution < -0.4 is 4.74 Å². The largest absolute Gasteiger partial charge is 0.489 e. The molecule has 0 aliphatic carbocycles. The van der Waals surface area contributed by atoms with Gasteiger partial charge in [0.15, 0.2) is 0 Å². The zero-order valence-electron chi connectivity index (χ0n) is 12.7. The van der Waals surface area contributed by atoms with Crippen LogP contribution in [0.25, 0.3) is 0 Å². The van der Waals surface area contributed by atoms with Crippen molar-refractivity contribution in [3.05, 3.63) is 58.1 Å². The fourth-order valence-electron chi connectivity index (χ4n) is 2.43. The molecular formula is C16H13Cl2NO5S. The minimum atomic E-state index is -3.96. The number of sulfonamides is 1. The Labute approximate surface area is 154 Å². The van der Waals surface area contributed by atoms with E-state index in [0.29, 0.717) is 15.1 Å². The third kappa shape index (κ3) is 3.46. The van der Waals surface area contributed by atoms with Gasteiger partial charge in [-0.05, 0) is 30.3 Å². The highest BCUT2D eigenvalue weighted by molar-refractivity contribution is 7.90. The van der Waals surface area contributed by atoms with Gasteiger partial charge in [-0.3, -0.25) is 4.79 Å². The van der Waals surface area contributed by atoms with Gasteiger partial charge in [0.25, 0.3) is 15.9 Å². The van der Waals surface area contributed by atoms with Gasteiger partial charge in [-0.15, -0.1) is 0 Å². The van der Waals surface area contributed by atoms with Crippen molar-refractivity contribution < 1.29 is 23.1 Å². The van der Waals surface area contributed by atoms with E-state index in [1.54, 1.807) is 12.1 Å². The molecule has 0 saturated carbocycles. The summed E-state index contributed by atoms with van der Waals surface area (Å²) in [7, 11) is -3.96. The fourth-order valence-corrected chi connectivity index (χ4v) is 4.50. The van der Waals surface area contributed by atoms with E-state index in [-0.39, 0.29) is 22.1 Å². The Bertz CT molecular complexity index is 932. The van der Waals surface area contributed by atoms with Crippen molar-refractivity contribution in [2.75, 3.05) is 13.2 Å². The predicted molar refractivity (Wildman–Crippen MR) is 92.6 cm³/mol. The third-order valence-corrected chi connectivity index (χ3v) is 5.95. The summed E-state index contributed by atoms with van der Waals surface area (Å²) in [5, 5.41) is 10.8. The fraction of sp³-hybridized carbons (Fsp3) is 0.188. The number of carbonyl (C=O) groups is 1. The molecule has 0 radical (unpaired) electrons. The summed E-state index contributed by atoms with van der Waals surface area (Å²) in [5.41, 5.74) is 0.0939. The van der Waals surface area contributed by atoms with Gasteiger partial charge in [0.1, 0.15) is 23.4 Å². The molecule has 0 unspecified atom stereocenters. The minimum absolute atomic E-state index is 0.0612. The summed E-state index contributed by atoms with van der Waals surface area (Å²) in [4.78, 5) is 12.2. The molecular weight excluding hydrogens is 389 g/mol. The highest BCUT2D eigenvalue weighted by atomic mass is 35.5. The Morgan fingerprint density at radius 3 is 2.56 bits per heavy atom. The molecule has 0 aromatic heterocycles. The number of aliphatic hydroxyl groups is 1. The molecule has 25 heavy (non-hydrogen) atoms. The van der Waals surface area contributed by atoms with Gasteiger partial charge in [0.05, 0.1) is 17.1 Å². The number of nitrogens with zero attached hydrogens (tertiary/aromatic N) is 1. The molecule has 0 bridgehead atoms. The number of hydrogen-bond acceptors (Lipinski definition) is 5. The molecule has 1 amide bonds. The predicted octanol–water partition coefficient (Wildman–Crippen LogP) is 2.58. The van der Waals surface area contributed by atoms with Crippen molar-refractivity contribution in [2.45, 2.75) is 11.0 Å². The maximum absolute atomic E-state index is 12.4. The van der Waals surface area contributed by atoms with Crippen LogP contribution in [0, 0.1) is 0 Å². The number of amides is 1. The molecule has 3 rings (SSSR count). The zero-order valence-corrected chi connectivity index (χ0v) is 15.1. The first kappa shape index (κ1) is 18.0. The number of ether oxygens (including phenoxy) is 1. The van der Waals surface area contributed by atoms with Gasteiger partial charge < -0.3 is 9.84 Å². The molecule has 132 valence electrons. The van der Waals surface area contributed by atoms with Gasteiger partial charge in [0.2, 0.25) is 0 Å². The van der Waals surface area contributed by atoms with Gasteiger partial charge in [-0.1, -0.05) is 35.3 Å². The average molecular weight is 402 g/mol. The first-order valence-electron chi connectivity index (χ1n) is 7.22. The van der Waals surface area contributed by atoms with Crippen LogP contribution in [0.5, 0.6) is 5.75 Å². The van der Waals surface area contributed by atoms with Crippen molar-refractivity contribution in [1.82, 2.24) is 4.31 Å². The van der Waals surface area contributed by atoms with E-state index in [4.69, 9.17) is 27.9 Å². The monoisotopic (exact) mass is 401 g/mol. The van der Waals surface area contributed by atoms with Crippen LogP contribution in [0.1, 0.15) is 10.4 Å². The lowest BCUT2D eigenvalue weighted by molar-refractivity contribution is 0.0687. The maximum atomic E-state index is 12.4. The second-order valence-electron chi connectivity index (χ2n) is 5.38. The standard InChI is InChI=1S/C16H13Cl2NO5S/c17-10-5-6-14(13(18)7-10)24-9-11(20)8-19-16(21)12-3-1-2-4-15(12)25(19,22)23/h1-7,11,20H,8-9H2/t11-/m1/s1. The maximum Gasteiger partial charge on any atom is 0.269 e. The summed E-state index contributed by atoms with van der Waals surface area (Å²) < 4.78 is 30.8.